The number of ether oxygens (including phenoxy) is 1. The van der Waals surface area contributed by atoms with Crippen LogP contribution in [0.25, 0.3) is 11.3 Å². The largest absolute Gasteiger partial charge is 0.551 e. The summed E-state index contributed by atoms with van der Waals surface area (Å²) in [5.74, 6) is -3.62. The highest BCUT2D eigenvalue weighted by Crippen LogP contribution is 2.19. The second-order valence-electron chi connectivity index (χ2n) is 9.42. The number of nitrogens with zero attached hydrogens (tertiary/aromatic N) is 1. The summed E-state index contributed by atoms with van der Waals surface area (Å²) in [4.78, 5) is 54.7. The molecular weight excluding hydrogens is 493 g/mol. The van der Waals surface area contributed by atoms with E-state index in [2.05, 4.69) is 20.4 Å². The van der Waals surface area contributed by atoms with E-state index in [4.69, 9.17) is 9.31 Å². The highest BCUT2D eigenvalue weighted by atomic mass is 16.6. The topological polar surface area (TPSA) is 153 Å². The zero-order valence-corrected chi connectivity index (χ0v) is 21.7. The standard InChI is InChI=1S/C26H32BN3O8/c1-15(2)13-21(27-37-20(26(35)36-4)14-22(32)38-27)29-25(34)23(16(3)31)30-24(33)19-12-8-11-18(28-19)17-9-6-5-7-10-17/h5-12,15-16,20-21,23,31H,13-14H2,1-4H3,(H,29,34)(H,30,33)/t16-,20+,21+,23+/m1/s1. The molecule has 1 aromatic heterocycles. The molecule has 38 heavy (non-hydrogen) atoms. The molecule has 3 N–H and O–H groups in total. The summed E-state index contributed by atoms with van der Waals surface area (Å²) < 4.78 is 15.6. The molecule has 0 radical (unpaired) electrons. The molecule has 0 saturated carbocycles. The van der Waals surface area contributed by atoms with Crippen LogP contribution in [0.4, 0.5) is 0 Å². The highest BCUT2D eigenvalue weighted by molar-refractivity contribution is 6.50. The van der Waals surface area contributed by atoms with E-state index in [1.165, 1.54) is 20.1 Å². The molecule has 1 aliphatic heterocycles. The predicted octanol–water partition coefficient (Wildman–Crippen LogP) is 1.29. The van der Waals surface area contributed by atoms with Crippen LogP contribution in [0.3, 0.4) is 0 Å². The van der Waals surface area contributed by atoms with Gasteiger partial charge in [0.1, 0.15) is 11.7 Å². The first-order valence-electron chi connectivity index (χ1n) is 12.3. The fraction of sp³-hybridized carbons (Fsp3) is 0.423. The van der Waals surface area contributed by atoms with Crippen molar-refractivity contribution in [2.75, 3.05) is 7.11 Å². The maximum atomic E-state index is 13.2. The van der Waals surface area contributed by atoms with E-state index in [9.17, 15) is 24.3 Å². The maximum Gasteiger partial charge on any atom is 0.551 e. The Labute approximate surface area is 221 Å². The first-order chi connectivity index (χ1) is 18.1. The molecule has 3 rings (SSSR count). The number of hydrogen-bond donors (Lipinski definition) is 3. The number of methoxy groups -OCH3 is 1. The van der Waals surface area contributed by atoms with Crippen LogP contribution in [0.15, 0.2) is 48.5 Å². The number of aliphatic hydroxyl groups is 1. The average molecular weight is 525 g/mol. The molecule has 202 valence electrons. The second kappa shape index (κ2) is 13.2. The molecular formula is C26H32BN3O8. The molecule has 0 spiro atoms. The summed E-state index contributed by atoms with van der Waals surface area (Å²) in [6.45, 7) is 5.14. The lowest BCUT2D eigenvalue weighted by atomic mass is 9.72. The lowest BCUT2D eigenvalue weighted by molar-refractivity contribution is -0.159. The van der Waals surface area contributed by atoms with E-state index in [0.29, 0.717) is 12.1 Å². The zero-order valence-electron chi connectivity index (χ0n) is 21.7. The summed E-state index contributed by atoms with van der Waals surface area (Å²) in [6.07, 6.45) is -2.44. The molecule has 1 saturated heterocycles. The van der Waals surface area contributed by atoms with Crippen molar-refractivity contribution in [2.24, 2.45) is 5.92 Å². The number of carbonyl (C=O) groups excluding carboxylic acids is 4. The quantitative estimate of drug-likeness (QED) is 0.308. The molecule has 0 aliphatic carbocycles. The summed E-state index contributed by atoms with van der Waals surface area (Å²) in [7, 11) is -0.0878. The Morgan fingerprint density at radius 1 is 1.11 bits per heavy atom. The van der Waals surface area contributed by atoms with Crippen molar-refractivity contribution in [2.45, 2.75) is 57.8 Å². The van der Waals surface area contributed by atoms with Gasteiger partial charge in [-0.3, -0.25) is 14.4 Å². The molecule has 1 aliphatic rings. The molecule has 0 unspecified atom stereocenters. The van der Waals surface area contributed by atoms with Crippen LogP contribution in [0.1, 0.15) is 44.1 Å². The van der Waals surface area contributed by atoms with Gasteiger partial charge in [0.2, 0.25) is 5.91 Å². The van der Waals surface area contributed by atoms with Crippen LogP contribution >= 0.6 is 0 Å². The molecule has 1 aromatic carbocycles. The molecule has 1 fully saturated rings. The predicted molar refractivity (Wildman–Crippen MR) is 137 cm³/mol. The molecule has 2 aromatic rings. The summed E-state index contributed by atoms with van der Waals surface area (Å²) in [6, 6.07) is 12.9. The maximum absolute atomic E-state index is 13.2. The molecule has 4 atom stereocenters. The van der Waals surface area contributed by atoms with Crippen molar-refractivity contribution in [3.05, 3.63) is 54.2 Å². The van der Waals surface area contributed by atoms with Crippen LogP contribution in [0, 0.1) is 5.92 Å². The fourth-order valence-electron chi connectivity index (χ4n) is 3.98. The van der Waals surface area contributed by atoms with E-state index in [-0.39, 0.29) is 18.0 Å². The van der Waals surface area contributed by atoms with Gasteiger partial charge in [-0.15, -0.1) is 0 Å². The van der Waals surface area contributed by atoms with E-state index >= 15 is 0 Å². The molecule has 12 heteroatoms. The van der Waals surface area contributed by atoms with Crippen LogP contribution in [-0.2, 0) is 28.4 Å². The minimum atomic E-state index is -1.35. The molecule has 2 heterocycles. The Morgan fingerprint density at radius 2 is 1.82 bits per heavy atom. The van der Waals surface area contributed by atoms with Crippen molar-refractivity contribution in [1.82, 2.24) is 15.6 Å². The van der Waals surface area contributed by atoms with Gasteiger partial charge in [0.15, 0.2) is 6.10 Å². The normalized spacial score (nSPS) is 17.7. The first kappa shape index (κ1) is 28.8. The smallest absolute Gasteiger partial charge is 0.508 e. The lowest BCUT2D eigenvalue weighted by Crippen LogP contribution is -2.60. The number of pyridine rings is 1. The van der Waals surface area contributed by atoms with Gasteiger partial charge in [-0.1, -0.05) is 50.2 Å². The van der Waals surface area contributed by atoms with Gasteiger partial charge in [0, 0.05) is 5.56 Å². The van der Waals surface area contributed by atoms with E-state index < -0.39 is 55.1 Å². The Balaban J connectivity index is 1.75. The second-order valence-corrected chi connectivity index (χ2v) is 9.42. The van der Waals surface area contributed by atoms with Crippen molar-refractivity contribution < 1.29 is 38.3 Å². The molecule has 0 bridgehead atoms. The molecule has 2 amide bonds. The average Bonchev–Trinajstić information content (AvgIpc) is 2.90. The van der Waals surface area contributed by atoms with Gasteiger partial charge >= 0.3 is 13.1 Å². The number of amides is 2. The van der Waals surface area contributed by atoms with Crippen molar-refractivity contribution in [1.29, 1.82) is 0 Å². The number of benzene rings is 1. The number of rotatable bonds is 10. The third-order valence-electron chi connectivity index (χ3n) is 5.85. The first-order valence-corrected chi connectivity index (χ1v) is 12.3. The lowest BCUT2D eigenvalue weighted by Gasteiger charge is -2.32. The Bertz CT molecular complexity index is 1140. The van der Waals surface area contributed by atoms with Crippen molar-refractivity contribution in [3.63, 3.8) is 0 Å². The van der Waals surface area contributed by atoms with Crippen molar-refractivity contribution >= 4 is 30.9 Å². The fourth-order valence-corrected chi connectivity index (χ4v) is 3.98. The Kier molecular flexibility index (Phi) is 9.97. The minimum absolute atomic E-state index is 0.0330. The highest BCUT2D eigenvalue weighted by Gasteiger charge is 2.45. The van der Waals surface area contributed by atoms with E-state index in [0.717, 1.165) is 5.56 Å². The van der Waals surface area contributed by atoms with Gasteiger partial charge in [0.05, 0.1) is 31.3 Å². The monoisotopic (exact) mass is 525 g/mol. The van der Waals surface area contributed by atoms with Crippen LogP contribution < -0.4 is 10.6 Å². The Hall–Kier alpha value is -3.77. The summed E-state index contributed by atoms with van der Waals surface area (Å²) >= 11 is 0. The number of aliphatic hydroxyl groups excluding tert-OH is 1. The number of aromatic nitrogens is 1. The van der Waals surface area contributed by atoms with Gasteiger partial charge in [-0.2, -0.15) is 0 Å². The molecule has 11 nitrogen and oxygen atoms in total. The van der Waals surface area contributed by atoms with Gasteiger partial charge in [-0.25, -0.2) is 9.78 Å². The number of hydrogen-bond acceptors (Lipinski definition) is 9. The van der Waals surface area contributed by atoms with Crippen LogP contribution in [0.5, 0.6) is 0 Å². The Morgan fingerprint density at radius 3 is 2.45 bits per heavy atom. The SMILES string of the molecule is COC(=O)[C@@H]1CC(=O)OB([C@H](CC(C)C)NC(=O)[C@@H](NC(=O)c2cccc(-c3ccccc3)n2)[C@@H](C)O)O1. The number of nitrogens with one attached hydrogen (secondary N) is 2. The number of esters is 1. The van der Waals surface area contributed by atoms with E-state index in [1.54, 1.807) is 12.1 Å². The van der Waals surface area contributed by atoms with Crippen LogP contribution in [0.2, 0.25) is 0 Å². The summed E-state index contributed by atoms with van der Waals surface area (Å²) in [5.41, 5.74) is 1.45. The van der Waals surface area contributed by atoms with Crippen molar-refractivity contribution in [3.8, 4) is 11.3 Å². The third kappa shape index (κ3) is 7.62. The summed E-state index contributed by atoms with van der Waals surface area (Å²) in [5, 5.41) is 15.6. The minimum Gasteiger partial charge on any atom is -0.508 e. The van der Waals surface area contributed by atoms with Gasteiger partial charge in [-0.05, 0) is 31.4 Å². The van der Waals surface area contributed by atoms with Gasteiger partial charge in [0.25, 0.3) is 11.9 Å². The zero-order chi connectivity index (χ0) is 27.8. The van der Waals surface area contributed by atoms with Crippen LogP contribution in [-0.4, -0.2) is 72.3 Å². The van der Waals surface area contributed by atoms with E-state index in [1.807, 2.05) is 44.2 Å². The van der Waals surface area contributed by atoms with Gasteiger partial charge < -0.3 is 29.8 Å². The number of carbonyl (C=O) groups is 4. The third-order valence-corrected chi connectivity index (χ3v) is 5.85.